The molecule has 0 amide bonds. The van der Waals surface area contributed by atoms with E-state index in [0.717, 1.165) is 5.03 Å². The van der Waals surface area contributed by atoms with Crippen molar-refractivity contribution in [3.05, 3.63) is 37.1 Å². The zero-order chi connectivity index (χ0) is 13.8. The van der Waals surface area contributed by atoms with E-state index in [1.54, 1.807) is 42.5 Å². The molecule has 0 aliphatic heterocycles. The summed E-state index contributed by atoms with van der Waals surface area (Å²) < 4.78 is 1.58. The summed E-state index contributed by atoms with van der Waals surface area (Å²) in [7, 11) is 1.75. The Morgan fingerprint density at radius 2 is 2.15 bits per heavy atom. The van der Waals surface area contributed by atoms with Crippen molar-refractivity contribution in [1.29, 1.82) is 0 Å². The molecule has 100 valence electrons. The third kappa shape index (κ3) is 2.72. The molecule has 8 nitrogen and oxygen atoms in total. The minimum Gasteiger partial charge on any atom is -0.357 e. The summed E-state index contributed by atoms with van der Waals surface area (Å²) >= 11 is 1.33. The topological polar surface area (TPSA) is 94.3 Å². The van der Waals surface area contributed by atoms with E-state index < -0.39 is 0 Å². The first kappa shape index (κ1) is 12.5. The summed E-state index contributed by atoms with van der Waals surface area (Å²) in [5.74, 6) is 0.924. The molecule has 3 rings (SSSR count). The summed E-state index contributed by atoms with van der Waals surface area (Å²) in [5, 5.41) is 8.32. The number of hydrogen-bond acceptors (Lipinski definition) is 8. The van der Waals surface area contributed by atoms with Gasteiger partial charge in [-0.2, -0.15) is 20.1 Å². The van der Waals surface area contributed by atoms with Crippen molar-refractivity contribution in [2.24, 2.45) is 0 Å². The van der Waals surface area contributed by atoms with E-state index in [0.29, 0.717) is 17.1 Å². The molecule has 3 aromatic heterocycles. The van der Waals surface area contributed by atoms with Gasteiger partial charge in [0.25, 0.3) is 5.95 Å². The van der Waals surface area contributed by atoms with E-state index >= 15 is 0 Å². The molecule has 9 heteroatoms. The molecule has 0 aromatic carbocycles. The van der Waals surface area contributed by atoms with Gasteiger partial charge in [-0.3, -0.25) is 0 Å². The van der Waals surface area contributed by atoms with Crippen molar-refractivity contribution < 1.29 is 0 Å². The molecule has 3 aromatic rings. The lowest BCUT2D eigenvalue weighted by atomic mass is 10.7. The van der Waals surface area contributed by atoms with Crippen molar-refractivity contribution in [3.63, 3.8) is 0 Å². The average Bonchev–Trinajstić information content (AvgIpc) is 3.02. The molecular formula is C11H10N8S. The molecule has 0 atom stereocenters. The van der Waals surface area contributed by atoms with Gasteiger partial charge >= 0.3 is 0 Å². The first-order valence-corrected chi connectivity index (χ1v) is 6.54. The Morgan fingerprint density at radius 3 is 2.85 bits per heavy atom. The van der Waals surface area contributed by atoms with E-state index in [4.69, 9.17) is 0 Å². The molecule has 0 aliphatic rings. The molecular weight excluding hydrogens is 276 g/mol. The van der Waals surface area contributed by atoms with Gasteiger partial charge in [0.15, 0.2) is 0 Å². The predicted molar refractivity (Wildman–Crippen MR) is 72.7 cm³/mol. The minimum absolute atomic E-state index is 0.450. The molecule has 20 heavy (non-hydrogen) atoms. The van der Waals surface area contributed by atoms with Crippen LogP contribution < -0.4 is 5.32 Å². The maximum absolute atomic E-state index is 4.36. The molecule has 0 unspecified atom stereocenters. The SMILES string of the molecule is CNc1nc(Sc2ccncn2)nc(-n2cccn2)n1. The monoisotopic (exact) mass is 286 g/mol. The fourth-order valence-corrected chi connectivity index (χ4v) is 2.10. The largest absolute Gasteiger partial charge is 0.357 e. The van der Waals surface area contributed by atoms with Crippen molar-refractivity contribution in [2.45, 2.75) is 10.2 Å². The van der Waals surface area contributed by atoms with Gasteiger partial charge in [0, 0.05) is 25.6 Å². The van der Waals surface area contributed by atoms with Gasteiger partial charge in [-0.25, -0.2) is 14.6 Å². The van der Waals surface area contributed by atoms with E-state index in [2.05, 4.69) is 35.3 Å². The molecule has 0 radical (unpaired) electrons. The lowest BCUT2D eigenvalue weighted by molar-refractivity contribution is 0.761. The van der Waals surface area contributed by atoms with Gasteiger partial charge in [0.1, 0.15) is 11.4 Å². The summed E-state index contributed by atoms with van der Waals surface area (Å²) in [5.41, 5.74) is 0. The number of aromatic nitrogens is 7. The van der Waals surface area contributed by atoms with Gasteiger partial charge in [0.2, 0.25) is 11.1 Å². The normalized spacial score (nSPS) is 10.4. The second kappa shape index (κ2) is 5.61. The quantitative estimate of drug-likeness (QED) is 0.711. The molecule has 1 N–H and O–H groups in total. The fraction of sp³-hybridized carbons (Fsp3) is 0.0909. The van der Waals surface area contributed by atoms with E-state index in [9.17, 15) is 0 Å². The molecule has 0 saturated carbocycles. The summed E-state index contributed by atoms with van der Waals surface area (Å²) in [6.45, 7) is 0. The van der Waals surface area contributed by atoms with Gasteiger partial charge in [0.05, 0.1) is 0 Å². The Kier molecular flexibility index (Phi) is 3.50. The summed E-state index contributed by atoms with van der Waals surface area (Å²) in [4.78, 5) is 20.9. The van der Waals surface area contributed by atoms with Crippen molar-refractivity contribution in [2.75, 3.05) is 12.4 Å². The number of hydrogen-bond donors (Lipinski definition) is 1. The van der Waals surface area contributed by atoms with Gasteiger partial charge < -0.3 is 5.32 Å². The second-order valence-corrected chi connectivity index (χ2v) is 4.58. The smallest absolute Gasteiger partial charge is 0.256 e. The Bertz CT molecular complexity index is 685. The average molecular weight is 286 g/mol. The van der Waals surface area contributed by atoms with Crippen LogP contribution in [0.3, 0.4) is 0 Å². The van der Waals surface area contributed by atoms with Crippen LogP contribution in [0.1, 0.15) is 0 Å². The predicted octanol–water partition coefficient (Wildman–Crippen LogP) is 1.04. The first-order chi connectivity index (χ1) is 9.85. The Balaban J connectivity index is 1.96. The van der Waals surface area contributed by atoms with Gasteiger partial charge in [-0.15, -0.1) is 0 Å². The first-order valence-electron chi connectivity index (χ1n) is 5.73. The maximum Gasteiger partial charge on any atom is 0.256 e. The zero-order valence-electron chi connectivity index (χ0n) is 10.5. The number of nitrogens with one attached hydrogen (secondary N) is 1. The van der Waals surface area contributed by atoms with Gasteiger partial charge in [-0.1, -0.05) is 0 Å². The Labute approximate surface area is 118 Å². The van der Waals surface area contributed by atoms with Crippen LogP contribution in [0.25, 0.3) is 5.95 Å². The molecule has 0 bridgehead atoms. The summed E-state index contributed by atoms with van der Waals surface area (Å²) in [6, 6.07) is 3.60. The second-order valence-electron chi connectivity index (χ2n) is 3.59. The van der Waals surface area contributed by atoms with Crippen LogP contribution in [0.5, 0.6) is 0 Å². The van der Waals surface area contributed by atoms with Crippen LogP contribution in [0.4, 0.5) is 5.95 Å². The van der Waals surface area contributed by atoms with E-state index in [1.807, 2.05) is 0 Å². The highest BCUT2D eigenvalue weighted by atomic mass is 32.2. The molecule has 0 fully saturated rings. The molecule has 0 saturated heterocycles. The van der Waals surface area contributed by atoms with Crippen molar-refractivity contribution >= 4 is 17.7 Å². The number of nitrogens with zero attached hydrogens (tertiary/aromatic N) is 7. The lowest BCUT2D eigenvalue weighted by Crippen LogP contribution is -2.07. The Morgan fingerprint density at radius 1 is 1.20 bits per heavy atom. The standard InChI is InChI=1S/C11H10N8S/c1-12-9-16-10(19-6-2-4-15-19)18-11(17-9)20-8-3-5-13-7-14-8/h2-7H,1H3,(H,12,16,17,18). The van der Waals surface area contributed by atoms with Crippen LogP contribution in [0.2, 0.25) is 0 Å². The zero-order valence-corrected chi connectivity index (χ0v) is 11.3. The maximum atomic E-state index is 4.36. The third-order valence-electron chi connectivity index (χ3n) is 2.29. The number of rotatable bonds is 4. The molecule has 0 aliphatic carbocycles. The fourth-order valence-electron chi connectivity index (χ4n) is 1.43. The minimum atomic E-state index is 0.450. The van der Waals surface area contributed by atoms with Crippen LogP contribution in [0.15, 0.2) is 47.2 Å². The van der Waals surface area contributed by atoms with Crippen LogP contribution >= 0.6 is 11.8 Å². The highest BCUT2D eigenvalue weighted by Gasteiger charge is 2.09. The highest BCUT2D eigenvalue weighted by Crippen LogP contribution is 2.22. The lowest BCUT2D eigenvalue weighted by Gasteiger charge is -2.05. The van der Waals surface area contributed by atoms with E-state index in [-0.39, 0.29) is 0 Å². The molecule has 0 spiro atoms. The van der Waals surface area contributed by atoms with Crippen molar-refractivity contribution in [3.8, 4) is 5.95 Å². The van der Waals surface area contributed by atoms with Gasteiger partial charge in [-0.05, 0) is 23.9 Å². The van der Waals surface area contributed by atoms with Crippen LogP contribution in [0, 0.1) is 0 Å². The number of anilines is 1. The van der Waals surface area contributed by atoms with Crippen molar-refractivity contribution in [1.82, 2.24) is 34.7 Å². The van der Waals surface area contributed by atoms with Crippen LogP contribution in [-0.4, -0.2) is 41.7 Å². The van der Waals surface area contributed by atoms with E-state index in [1.165, 1.54) is 18.1 Å². The highest BCUT2D eigenvalue weighted by molar-refractivity contribution is 7.99. The third-order valence-corrected chi connectivity index (χ3v) is 3.10. The van der Waals surface area contributed by atoms with Crippen LogP contribution in [-0.2, 0) is 0 Å². The Hall–Kier alpha value is -2.55. The molecule has 3 heterocycles. The summed E-state index contributed by atoms with van der Waals surface area (Å²) in [6.07, 6.45) is 6.59.